The maximum absolute atomic E-state index is 11.0. The first-order valence-corrected chi connectivity index (χ1v) is 11.0. The van der Waals surface area contributed by atoms with Crippen molar-refractivity contribution in [1.29, 1.82) is 0 Å². The molecule has 0 N–H and O–H groups in total. The van der Waals surface area contributed by atoms with Gasteiger partial charge >= 0.3 is 19.5 Å². The van der Waals surface area contributed by atoms with Crippen molar-refractivity contribution < 1.29 is 47.4 Å². The molecule has 0 atom stereocenters. The molecule has 23 heavy (non-hydrogen) atoms. The second kappa shape index (κ2) is 17.5. The fourth-order valence-corrected chi connectivity index (χ4v) is 2.68. The van der Waals surface area contributed by atoms with Crippen molar-refractivity contribution >= 4 is 37.1 Å². The molecule has 0 aromatic rings. The van der Waals surface area contributed by atoms with E-state index in [1.807, 2.05) is 0 Å². The topological polar surface area (TPSA) is 83.0 Å². The summed E-state index contributed by atoms with van der Waals surface area (Å²) in [5.74, 6) is 0. The first kappa shape index (κ1) is 28.4. The summed E-state index contributed by atoms with van der Waals surface area (Å²) in [5, 5.41) is 0. The van der Waals surface area contributed by atoms with E-state index in [9.17, 15) is 9.79 Å². The van der Waals surface area contributed by atoms with Crippen LogP contribution in [0.2, 0.25) is 0 Å². The molecule has 0 aliphatic carbocycles. The van der Waals surface area contributed by atoms with Gasteiger partial charge in [0.15, 0.2) is 0 Å². The molecule has 0 aromatic carbocycles. The van der Waals surface area contributed by atoms with E-state index in [2.05, 4.69) is 68.0 Å². The second-order valence-corrected chi connectivity index (χ2v) is 8.74. The van der Waals surface area contributed by atoms with E-state index in [4.69, 9.17) is 0 Å². The van der Waals surface area contributed by atoms with Crippen molar-refractivity contribution in [2.75, 3.05) is 26.4 Å². The normalized spacial score (nSPS) is 10.5. The van der Waals surface area contributed by atoms with Crippen LogP contribution in [0.3, 0.4) is 0 Å². The molecule has 0 saturated carbocycles. The smallest absolute Gasteiger partial charge is 0.780 e. The van der Waals surface area contributed by atoms with E-state index >= 15 is 0 Å². The van der Waals surface area contributed by atoms with Crippen LogP contribution in [0.25, 0.3) is 0 Å². The first-order chi connectivity index (χ1) is 10.2. The Labute approximate surface area is 161 Å². The average molecular weight is 452 g/mol. The minimum Gasteiger partial charge on any atom is -0.780 e. The average Bonchev–Trinajstić information content (AvgIpc) is 2.48. The Hall–Kier alpha value is 0.643. The summed E-state index contributed by atoms with van der Waals surface area (Å²) >= 11 is 8.98. The molecular weight excluding hydrogens is 432 g/mol. The van der Waals surface area contributed by atoms with Gasteiger partial charge in [-0.05, 0) is 0 Å². The molecule has 0 unspecified atom stereocenters. The van der Waals surface area contributed by atoms with Crippen molar-refractivity contribution in [3.8, 4) is 0 Å². The van der Waals surface area contributed by atoms with Crippen LogP contribution in [0.4, 0.5) is 0 Å². The van der Waals surface area contributed by atoms with Gasteiger partial charge in [-0.1, -0.05) is 47.9 Å². The zero-order valence-electron chi connectivity index (χ0n) is 12.8. The molecule has 0 saturated heterocycles. The van der Waals surface area contributed by atoms with Gasteiger partial charge in [0.25, 0.3) is 0 Å². The molecule has 0 aliphatic heterocycles. The Morgan fingerprint density at radius 2 is 0.826 bits per heavy atom. The van der Waals surface area contributed by atoms with Gasteiger partial charge in [0.1, 0.15) is 13.4 Å². The summed E-state index contributed by atoms with van der Waals surface area (Å²) < 4.78 is 18.7. The van der Waals surface area contributed by atoms with Gasteiger partial charge in [0, 0.05) is 0 Å². The molecule has 0 radical (unpaired) electrons. The standard InChI is InChI=1S/2C6H11O3PS.Zn/c2*1-3-5-8-10(7,11)9-6-4-2;/h2*3-4H,1-2,5-6H2,(H,7,11);/q;;+2/p-2. The van der Waals surface area contributed by atoms with E-state index in [1.165, 1.54) is 24.3 Å². The van der Waals surface area contributed by atoms with Crippen molar-refractivity contribution in [1.82, 2.24) is 0 Å². The van der Waals surface area contributed by atoms with Crippen LogP contribution in [-0.4, -0.2) is 26.4 Å². The fraction of sp³-hybridized carbons (Fsp3) is 0.333. The third-order valence-corrected chi connectivity index (χ3v) is 4.53. The van der Waals surface area contributed by atoms with E-state index in [-0.39, 0.29) is 45.9 Å². The maximum atomic E-state index is 11.0. The predicted octanol–water partition coefficient (Wildman–Crippen LogP) is 1.95. The van der Waals surface area contributed by atoms with Crippen molar-refractivity contribution in [3.63, 3.8) is 0 Å². The molecule has 0 amide bonds. The zero-order valence-corrected chi connectivity index (χ0v) is 19.2. The van der Waals surface area contributed by atoms with Gasteiger partial charge in [-0.3, -0.25) is 0 Å². The Morgan fingerprint density at radius 3 is 0.957 bits per heavy atom. The van der Waals surface area contributed by atoms with Gasteiger partial charge in [0.2, 0.25) is 0 Å². The molecule has 11 heteroatoms. The zero-order chi connectivity index (χ0) is 17.5. The minimum atomic E-state index is -3.28. The van der Waals surface area contributed by atoms with Crippen LogP contribution in [0.5, 0.6) is 0 Å². The van der Waals surface area contributed by atoms with Crippen LogP contribution in [0.15, 0.2) is 50.6 Å². The van der Waals surface area contributed by atoms with Gasteiger partial charge in [-0.2, -0.15) is 0 Å². The summed E-state index contributed by atoms with van der Waals surface area (Å²) in [6.45, 7) is 7.48. The summed E-state index contributed by atoms with van der Waals surface area (Å²) in [6.07, 6.45) is 5.82. The molecule has 128 valence electrons. The minimum absolute atomic E-state index is 0. The second-order valence-electron chi connectivity index (χ2n) is 3.23. The molecular formula is C12H20O6P2S2Zn. The molecule has 6 nitrogen and oxygen atoms in total. The molecule has 0 aromatic heterocycles. The van der Waals surface area contributed by atoms with E-state index in [1.54, 1.807) is 0 Å². The van der Waals surface area contributed by atoms with E-state index in [0.29, 0.717) is 0 Å². The number of rotatable bonds is 12. The fourth-order valence-electron chi connectivity index (χ4n) is 0.651. The third kappa shape index (κ3) is 22.6. The summed E-state index contributed by atoms with van der Waals surface area (Å²) in [6, 6.07) is 0. The largest absolute Gasteiger partial charge is 2.00 e. The van der Waals surface area contributed by atoms with Crippen LogP contribution >= 0.6 is 13.4 Å². The van der Waals surface area contributed by atoms with E-state index < -0.39 is 13.4 Å². The van der Waals surface area contributed by atoms with E-state index in [0.717, 1.165) is 0 Å². The number of hydrogen-bond donors (Lipinski definition) is 0. The molecule has 0 spiro atoms. The van der Waals surface area contributed by atoms with Crippen molar-refractivity contribution in [2.24, 2.45) is 0 Å². The third-order valence-electron chi connectivity index (χ3n) is 1.40. The van der Waals surface area contributed by atoms with Gasteiger partial charge in [-0.15, -0.1) is 26.3 Å². The van der Waals surface area contributed by atoms with Crippen molar-refractivity contribution in [2.45, 2.75) is 0 Å². The Kier molecular flexibility index (Phi) is 21.6. The molecule has 0 heterocycles. The quantitative estimate of drug-likeness (QED) is 0.253. The van der Waals surface area contributed by atoms with Gasteiger partial charge in [-0.25, -0.2) is 0 Å². The molecule has 0 bridgehead atoms. The Morgan fingerprint density at radius 1 is 0.652 bits per heavy atom. The monoisotopic (exact) mass is 450 g/mol. The summed E-state index contributed by atoms with van der Waals surface area (Å²) in [7, 11) is 0. The molecule has 0 rings (SSSR count). The number of hydrogen-bond acceptors (Lipinski definition) is 8. The van der Waals surface area contributed by atoms with Gasteiger partial charge < -0.3 is 27.9 Å². The van der Waals surface area contributed by atoms with Crippen LogP contribution in [-0.2, 0) is 61.2 Å². The first-order valence-electron chi connectivity index (χ1n) is 5.88. The maximum Gasteiger partial charge on any atom is 2.00 e. The Bertz CT molecular complexity index is 375. The van der Waals surface area contributed by atoms with Crippen LogP contribution < -0.4 is 9.79 Å². The van der Waals surface area contributed by atoms with Crippen molar-refractivity contribution in [3.05, 3.63) is 50.6 Å². The summed E-state index contributed by atoms with van der Waals surface area (Å²) in [4.78, 5) is 22.0. The van der Waals surface area contributed by atoms with Crippen LogP contribution in [0, 0.1) is 0 Å². The molecule has 0 fully saturated rings. The molecule has 0 aliphatic rings. The Balaban J connectivity index is -0.000000333. The SMILES string of the molecule is C=CCOP([O-])(=S)OCC=C.C=CCOP([O-])(=S)OCC=C.[Zn+2]. The predicted molar refractivity (Wildman–Crippen MR) is 93.2 cm³/mol. The summed E-state index contributed by atoms with van der Waals surface area (Å²) in [5.41, 5.74) is 0. The van der Waals surface area contributed by atoms with Crippen LogP contribution in [0.1, 0.15) is 0 Å². The van der Waals surface area contributed by atoms with Gasteiger partial charge in [0.05, 0.1) is 26.4 Å².